The van der Waals surface area contributed by atoms with Gasteiger partial charge >= 0.3 is 12.1 Å². The van der Waals surface area contributed by atoms with Crippen LogP contribution in [-0.2, 0) is 22.6 Å². The minimum absolute atomic E-state index is 0.204. The highest BCUT2D eigenvalue weighted by Crippen LogP contribution is 2.14. The van der Waals surface area contributed by atoms with E-state index in [9.17, 15) is 18.0 Å². The quantitative estimate of drug-likeness (QED) is 0.353. The number of rotatable bonds is 13. The molecule has 7 N–H and O–H groups in total. The van der Waals surface area contributed by atoms with Crippen molar-refractivity contribution < 1.29 is 27.9 Å². The van der Waals surface area contributed by atoms with Crippen LogP contribution in [0.4, 0.5) is 13.2 Å². The summed E-state index contributed by atoms with van der Waals surface area (Å²) in [6.45, 7) is 1.28. The van der Waals surface area contributed by atoms with Gasteiger partial charge in [0, 0.05) is 13.0 Å². The van der Waals surface area contributed by atoms with E-state index in [0.29, 0.717) is 19.5 Å². The summed E-state index contributed by atoms with van der Waals surface area (Å²) in [6.07, 6.45) is 3.60. The van der Waals surface area contributed by atoms with Crippen LogP contribution in [-0.4, -0.2) is 35.6 Å². The Bertz CT molecular complexity index is 625. The molecule has 1 rings (SSSR count). The van der Waals surface area contributed by atoms with E-state index in [1.807, 2.05) is 6.07 Å². The molecule has 6 nitrogen and oxygen atoms in total. The van der Waals surface area contributed by atoms with Crippen molar-refractivity contribution in [3.63, 3.8) is 0 Å². The number of nitrogens with two attached hydrogens (primary N) is 3. The zero-order valence-corrected chi connectivity index (χ0v) is 17.3. The molecule has 9 heteroatoms. The summed E-state index contributed by atoms with van der Waals surface area (Å²) in [4.78, 5) is 20.8. The van der Waals surface area contributed by atoms with Crippen molar-refractivity contribution in [3.05, 3.63) is 35.4 Å². The third-order valence-corrected chi connectivity index (χ3v) is 4.58. The molecule has 1 aromatic carbocycles. The van der Waals surface area contributed by atoms with Crippen molar-refractivity contribution >= 4 is 11.8 Å². The van der Waals surface area contributed by atoms with E-state index >= 15 is 0 Å². The topological polar surface area (TPSA) is 132 Å². The Balaban J connectivity index is 0.00000103. The molecule has 0 unspecified atom stereocenters. The third kappa shape index (κ3) is 13.3. The fourth-order valence-corrected chi connectivity index (χ4v) is 2.82. The maximum Gasteiger partial charge on any atom is 0.490 e. The van der Waals surface area contributed by atoms with Gasteiger partial charge in [0.15, 0.2) is 0 Å². The Morgan fingerprint density at radius 1 is 0.933 bits per heavy atom. The summed E-state index contributed by atoms with van der Waals surface area (Å²) in [5.74, 6) is -2.55. The highest BCUT2D eigenvalue weighted by atomic mass is 19.4. The number of carboxylic acids is 1. The van der Waals surface area contributed by atoms with Gasteiger partial charge in [0.25, 0.3) is 0 Å². The lowest BCUT2D eigenvalue weighted by atomic mass is 9.99. The van der Waals surface area contributed by atoms with Crippen LogP contribution < -0.4 is 17.2 Å². The van der Waals surface area contributed by atoms with E-state index in [4.69, 9.17) is 27.1 Å². The van der Waals surface area contributed by atoms with E-state index in [0.717, 1.165) is 51.4 Å². The van der Waals surface area contributed by atoms with Gasteiger partial charge in [0.05, 0.1) is 6.04 Å². The Kier molecular flexibility index (Phi) is 14.8. The van der Waals surface area contributed by atoms with Crippen molar-refractivity contribution in [1.82, 2.24) is 0 Å². The molecule has 0 saturated carbocycles. The van der Waals surface area contributed by atoms with Gasteiger partial charge in [-0.25, -0.2) is 4.79 Å². The number of Topliss-reactive ketones (excluding diaryl/α,β-unsaturated/α-hetero) is 1. The number of carbonyl (C=O) groups excluding carboxylic acids is 1. The lowest BCUT2D eigenvalue weighted by Crippen LogP contribution is -2.30. The maximum absolute atomic E-state index is 11.9. The monoisotopic (exact) mass is 433 g/mol. The lowest BCUT2D eigenvalue weighted by Gasteiger charge is -2.10. The summed E-state index contributed by atoms with van der Waals surface area (Å²) >= 11 is 0. The molecular formula is C21H34F3N3O3. The Hall–Kier alpha value is -1.97. The Labute approximate surface area is 176 Å². The summed E-state index contributed by atoms with van der Waals surface area (Å²) in [6, 6.07) is 8.07. The van der Waals surface area contributed by atoms with Gasteiger partial charge in [-0.1, -0.05) is 43.5 Å². The zero-order chi connectivity index (χ0) is 23.0. The second-order valence-corrected chi connectivity index (χ2v) is 7.05. The molecule has 0 radical (unpaired) electrons. The lowest BCUT2D eigenvalue weighted by molar-refractivity contribution is -0.192. The van der Waals surface area contributed by atoms with Gasteiger partial charge in [-0.2, -0.15) is 13.2 Å². The van der Waals surface area contributed by atoms with Crippen molar-refractivity contribution in [2.75, 3.05) is 6.54 Å². The minimum Gasteiger partial charge on any atom is -0.475 e. The molecule has 30 heavy (non-hydrogen) atoms. The largest absolute Gasteiger partial charge is 0.490 e. The number of aryl methyl sites for hydroxylation is 1. The van der Waals surface area contributed by atoms with Gasteiger partial charge < -0.3 is 22.3 Å². The number of hydrogen-bond acceptors (Lipinski definition) is 5. The molecule has 0 aliphatic carbocycles. The van der Waals surface area contributed by atoms with Crippen molar-refractivity contribution in [3.8, 4) is 0 Å². The first kappa shape index (κ1) is 28.0. The average molecular weight is 434 g/mol. The number of ketones is 1. The van der Waals surface area contributed by atoms with Crippen molar-refractivity contribution in [2.45, 2.75) is 76.6 Å². The Morgan fingerprint density at radius 2 is 1.50 bits per heavy atom. The number of benzene rings is 1. The smallest absolute Gasteiger partial charge is 0.475 e. The van der Waals surface area contributed by atoms with E-state index in [1.165, 1.54) is 11.1 Å². The fraction of sp³-hybridized carbons (Fsp3) is 0.619. The minimum atomic E-state index is -5.08. The Morgan fingerprint density at radius 3 is 2.03 bits per heavy atom. The maximum atomic E-state index is 11.9. The predicted octanol–water partition coefficient (Wildman–Crippen LogP) is 3.30. The van der Waals surface area contributed by atoms with Crippen molar-refractivity contribution in [1.29, 1.82) is 0 Å². The van der Waals surface area contributed by atoms with Crippen LogP contribution in [0, 0.1) is 0 Å². The highest BCUT2D eigenvalue weighted by molar-refractivity contribution is 5.83. The van der Waals surface area contributed by atoms with Crippen molar-refractivity contribution in [2.24, 2.45) is 17.2 Å². The molecule has 0 aromatic heterocycles. The first-order valence-corrected chi connectivity index (χ1v) is 10.2. The van der Waals surface area contributed by atoms with Gasteiger partial charge in [0.2, 0.25) is 0 Å². The van der Waals surface area contributed by atoms with Gasteiger partial charge in [-0.3, -0.25) is 4.79 Å². The zero-order valence-electron chi connectivity index (χ0n) is 17.3. The summed E-state index contributed by atoms with van der Waals surface area (Å²) in [7, 11) is 0. The van der Waals surface area contributed by atoms with Crippen LogP contribution in [0.5, 0.6) is 0 Å². The van der Waals surface area contributed by atoms with E-state index in [-0.39, 0.29) is 11.8 Å². The van der Waals surface area contributed by atoms with Crippen LogP contribution in [0.1, 0.15) is 62.5 Å². The first-order chi connectivity index (χ1) is 14.1. The second kappa shape index (κ2) is 15.8. The van der Waals surface area contributed by atoms with Crippen LogP contribution >= 0.6 is 0 Å². The second-order valence-electron chi connectivity index (χ2n) is 7.05. The molecule has 0 aliphatic rings. The molecule has 0 bridgehead atoms. The van der Waals surface area contributed by atoms with Crippen LogP contribution in [0.3, 0.4) is 0 Å². The van der Waals surface area contributed by atoms with Gasteiger partial charge in [-0.15, -0.1) is 0 Å². The molecule has 1 atom stereocenters. The third-order valence-electron chi connectivity index (χ3n) is 4.58. The molecule has 0 heterocycles. The van der Waals surface area contributed by atoms with Gasteiger partial charge in [0.1, 0.15) is 5.78 Å². The van der Waals surface area contributed by atoms with E-state index in [2.05, 4.69) is 18.2 Å². The number of aliphatic carboxylic acids is 1. The molecule has 172 valence electrons. The van der Waals surface area contributed by atoms with Crippen LogP contribution in [0.15, 0.2) is 24.3 Å². The summed E-state index contributed by atoms with van der Waals surface area (Å²) in [5, 5.41) is 7.12. The molecular weight excluding hydrogens is 399 g/mol. The van der Waals surface area contributed by atoms with E-state index < -0.39 is 12.1 Å². The first-order valence-electron chi connectivity index (χ1n) is 10.2. The normalized spacial score (nSPS) is 12.1. The molecule has 0 saturated heterocycles. The molecule has 1 aromatic rings. The molecule has 0 aliphatic heterocycles. The van der Waals surface area contributed by atoms with E-state index in [1.54, 1.807) is 0 Å². The molecule has 0 amide bonds. The number of hydrogen-bond donors (Lipinski definition) is 4. The molecule has 0 spiro atoms. The fourth-order valence-electron chi connectivity index (χ4n) is 2.82. The predicted molar refractivity (Wildman–Crippen MR) is 111 cm³/mol. The van der Waals surface area contributed by atoms with Crippen LogP contribution in [0.2, 0.25) is 0 Å². The number of unbranched alkanes of at least 4 members (excludes halogenated alkanes) is 4. The SMILES string of the molecule is NCCCC[C@H](N)C(=O)CCCCCCc1ccccc1CN.O=C(O)C(F)(F)F. The standard InChI is InChI=1S/C19H33N3O.C2HF3O2/c20-14-8-7-12-18(22)19(23)13-4-2-1-3-9-16-10-5-6-11-17(16)15-21;3-2(4,5)1(6)7/h5-6,10-11,18H,1-4,7-9,12-15,20-22H2;(H,6,7)/t18-;/m0./s1. The molecule has 0 fully saturated rings. The number of carbonyl (C=O) groups is 2. The number of halogens is 3. The highest BCUT2D eigenvalue weighted by Gasteiger charge is 2.38. The van der Waals surface area contributed by atoms with Crippen LogP contribution in [0.25, 0.3) is 0 Å². The summed E-state index contributed by atoms with van der Waals surface area (Å²) in [5.41, 5.74) is 19.7. The number of carboxylic acid groups (broad SMARTS) is 1. The average Bonchev–Trinajstić information content (AvgIpc) is 2.70. The summed E-state index contributed by atoms with van der Waals surface area (Å²) < 4.78 is 31.7. The number of alkyl halides is 3. The van der Waals surface area contributed by atoms with Gasteiger partial charge in [-0.05, 0) is 49.8 Å².